The van der Waals surface area contributed by atoms with Crippen LogP contribution in [0.4, 0.5) is 0 Å². The molecule has 168 valence electrons. The molecule has 32 heavy (non-hydrogen) atoms. The summed E-state index contributed by atoms with van der Waals surface area (Å²) < 4.78 is 9.94. The number of rotatable bonds is 6. The second-order valence-electron chi connectivity index (χ2n) is 8.62. The second-order valence-corrected chi connectivity index (χ2v) is 8.62. The number of carbonyl (C=O) groups is 3. The van der Waals surface area contributed by atoms with Gasteiger partial charge in [0.2, 0.25) is 5.91 Å². The average molecular weight is 436 g/mol. The van der Waals surface area contributed by atoms with Gasteiger partial charge in [0.15, 0.2) is 0 Å². The lowest BCUT2D eigenvalue weighted by Crippen LogP contribution is -2.40. The third-order valence-electron chi connectivity index (χ3n) is 5.45. The minimum Gasteiger partial charge on any atom is -0.465 e. The summed E-state index contributed by atoms with van der Waals surface area (Å²) in [6.45, 7) is 6.45. The van der Waals surface area contributed by atoms with Crippen molar-refractivity contribution in [1.82, 2.24) is 4.90 Å². The Labute approximate surface area is 188 Å². The molecule has 1 heterocycles. The highest BCUT2D eigenvalue weighted by atomic mass is 16.5. The Kier molecular flexibility index (Phi) is 7.13. The highest BCUT2D eigenvalue weighted by molar-refractivity contribution is 5.97. The molecule has 0 radical (unpaired) electrons. The first-order chi connectivity index (χ1) is 15.2. The van der Waals surface area contributed by atoms with E-state index in [1.54, 1.807) is 24.0 Å². The fraction of sp³-hybridized carbons (Fsp3) is 0.346. The van der Waals surface area contributed by atoms with Gasteiger partial charge in [0.05, 0.1) is 25.8 Å². The van der Waals surface area contributed by atoms with Crippen LogP contribution in [0.25, 0.3) is 11.1 Å². The number of nitrogens with zero attached hydrogens (tertiary/aromatic N) is 1. The molecule has 1 aliphatic rings. The van der Waals surface area contributed by atoms with Gasteiger partial charge in [-0.05, 0) is 41.5 Å². The van der Waals surface area contributed by atoms with E-state index < -0.39 is 5.97 Å². The van der Waals surface area contributed by atoms with Crippen molar-refractivity contribution in [3.8, 4) is 11.1 Å². The van der Waals surface area contributed by atoms with Crippen LogP contribution in [0.2, 0.25) is 0 Å². The zero-order chi connectivity index (χ0) is 23.3. The standard InChI is InChI=1S/C26H29NO5/c1-5-32-24(29)14-20-15-26(2,3)16-23(28)27(20)17-18-10-12-19(13-11-18)21-8-6-7-9-22(21)25(30)31-4/h6-14H,5,15-17H2,1-4H3. The number of amides is 1. The zero-order valence-corrected chi connectivity index (χ0v) is 19.0. The van der Waals surface area contributed by atoms with Crippen LogP contribution in [0.3, 0.4) is 0 Å². The van der Waals surface area contributed by atoms with Gasteiger partial charge in [0.25, 0.3) is 0 Å². The van der Waals surface area contributed by atoms with E-state index in [-0.39, 0.29) is 23.9 Å². The predicted octanol–water partition coefficient (Wildman–Crippen LogP) is 4.74. The highest BCUT2D eigenvalue weighted by Gasteiger charge is 2.35. The molecule has 1 aliphatic heterocycles. The average Bonchev–Trinajstić information content (AvgIpc) is 2.75. The number of allylic oxidation sites excluding steroid dienone is 1. The molecule has 0 spiro atoms. The van der Waals surface area contributed by atoms with Crippen LogP contribution in [-0.4, -0.2) is 36.5 Å². The van der Waals surface area contributed by atoms with E-state index in [0.717, 1.165) is 16.7 Å². The summed E-state index contributed by atoms with van der Waals surface area (Å²) in [5, 5.41) is 0. The number of ether oxygens (including phenoxy) is 2. The van der Waals surface area contributed by atoms with Gasteiger partial charge in [-0.3, -0.25) is 4.79 Å². The van der Waals surface area contributed by atoms with Gasteiger partial charge in [-0.1, -0.05) is 56.3 Å². The monoisotopic (exact) mass is 435 g/mol. The largest absolute Gasteiger partial charge is 0.465 e. The van der Waals surface area contributed by atoms with Crippen LogP contribution in [0.15, 0.2) is 60.3 Å². The summed E-state index contributed by atoms with van der Waals surface area (Å²) >= 11 is 0. The third kappa shape index (κ3) is 5.44. The summed E-state index contributed by atoms with van der Waals surface area (Å²) in [5.74, 6) is -0.843. The first-order valence-electron chi connectivity index (χ1n) is 10.7. The molecule has 0 N–H and O–H groups in total. The summed E-state index contributed by atoms with van der Waals surface area (Å²) in [5.41, 5.74) is 3.54. The maximum Gasteiger partial charge on any atom is 0.338 e. The first-order valence-corrected chi connectivity index (χ1v) is 10.7. The van der Waals surface area contributed by atoms with E-state index in [0.29, 0.717) is 30.6 Å². The number of carbonyl (C=O) groups excluding carboxylic acids is 3. The number of methoxy groups -OCH3 is 1. The van der Waals surface area contributed by atoms with Gasteiger partial charge in [-0.25, -0.2) is 9.59 Å². The van der Waals surface area contributed by atoms with Gasteiger partial charge in [-0.2, -0.15) is 0 Å². The van der Waals surface area contributed by atoms with E-state index >= 15 is 0 Å². The normalized spacial score (nSPS) is 16.7. The predicted molar refractivity (Wildman–Crippen MR) is 121 cm³/mol. The molecule has 2 aromatic carbocycles. The molecule has 6 nitrogen and oxygen atoms in total. The Morgan fingerprint density at radius 2 is 1.75 bits per heavy atom. The molecule has 1 amide bonds. The number of esters is 2. The summed E-state index contributed by atoms with van der Waals surface area (Å²) in [7, 11) is 1.36. The van der Waals surface area contributed by atoms with Crippen LogP contribution in [0.5, 0.6) is 0 Å². The van der Waals surface area contributed by atoms with Crippen LogP contribution >= 0.6 is 0 Å². The van der Waals surface area contributed by atoms with Gasteiger partial charge >= 0.3 is 11.9 Å². The van der Waals surface area contributed by atoms with Gasteiger partial charge in [-0.15, -0.1) is 0 Å². The molecule has 0 bridgehead atoms. The first kappa shape index (κ1) is 23.3. The van der Waals surface area contributed by atoms with E-state index in [2.05, 4.69) is 0 Å². The van der Waals surface area contributed by atoms with Crippen LogP contribution in [0.1, 0.15) is 49.5 Å². The van der Waals surface area contributed by atoms with Crippen LogP contribution in [0, 0.1) is 5.41 Å². The smallest absolute Gasteiger partial charge is 0.338 e. The number of hydrogen-bond donors (Lipinski definition) is 0. The fourth-order valence-corrected chi connectivity index (χ4v) is 3.95. The molecule has 0 unspecified atom stereocenters. The maximum absolute atomic E-state index is 12.9. The van der Waals surface area contributed by atoms with Crippen molar-refractivity contribution in [1.29, 1.82) is 0 Å². The summed E-state index contributed by atoms with van der Waals surface area (Å²) in [6, 6.07) is 15.0. The van der Waals surface area contributed by atoms with E-state index in [1.807, 2.05) is 50.2 Å². The number of piperidine rings is 1. The summed E-state index contributed by atoms with van der Waals surface area (Å²) in [6.07, 6.45) is 2.46. The number of hydrogen-bond acceptors (Lipinski definition) is 5. The Bertz CT molecular complexity index is 1040. The summed E-state index contributed by atoms with van der Waals surface area (Å²) in [4.78, 5) is 38.7. The van der Waals surface area contributed by atoms with Crippen molar-refractivity contribution in [3.63, 3.8) is 0 Å². The Morgan fingerprint density at radius 1 is 1.06 bits per heavy atom. The number of benzene rings is 2. The van der Waals surface area contributed by atoms with Crippen molar-refractivity contribution < 1.29 is 23.9 Å². The van der Waals surface area contributed by atoms with Crippen molar-refractivity contribution in [2.45, 2.75) is 40.2 Å². The number of likely N-dealkylation sites (tertiary alicyclic amines) is 1. The van der Waals surface area contributed by atoms with Crippen LogP contribution in [-0.2, 0) is 25.6 Å². The van der Waals surface area contributed by atoms with Gasteiger partial charge < -0.3 is 14.4 Å². The molecule has 2 aromatic rings. The maximum atomic E-state index is 12.9. The SMILES string of the molecule is CCOC(=O)C=C1CC(C)(C)CC(=O)N1Cc1ccc(-c2ccccc2C(=O)OC)cc1. The van der Waals surface area contributed by atoms with E-state index in [4.69, 9.17) is 9.47 Å². The molecule has 6 heteroatoms. The lowest BCUT2D eigenvalue weighted by molar-refractivity contribution is -0.137. The van der Waals surface area contributed by atoms with Crippen LogP contribution < -0.4 is 0 Å². The van der Waals surface area contributed by atoms with Gasteiger partial charge in [0, 0.05) is 18.2 Å². The van der Waals surface area contributed by atoms with E-state index in [9.17, 15) is 14.4 Å². The molecular weight excluding hydrogens is 406 g/mol. The third-order valence-corrected chi connectivity index (χ3v) is 5.45. The minimum atomic E-state index is -0.437. The molecule has 3 rings (SSSR count). The lowest BCUT2D eigenvalue weighted by atomic mass is 9.80. The second kappa shape index (κ2) is 9.81. The van der Waals surface area contributed by atoms with Gasteiger partial charge in [0.1, 0.15) is 0 Å². The van der Waals surface area contributed by atoms with E-state index in [1.165, 1.54) is 13.2 Å². The Balaban J connectivity index is 1.86. The Morgan fingerprint density at radius 3 is 2.41 bits per heavy atom. The van der Waals surface area contributed by atoms with Crippen molar-refractivity contribution >= 4 is 17.8 Å². The topological polar surface area (TPSA) is 72.9 Å². The quantitative estimate of drug-likeness (QED) is 0.484. The minimum absolute atomic E-state index is 0.0167. The van der Waals surface area contributed by atoms with Crippen molar-refractivity contribution in [3.05, 3.63) is 71.4 Å². The molecule has 0 atom stereocenters. The molecule has 1 fully saturated rings. The van der Waals surface area contributed by atoms with Crippen molar-refractivity contribution in [2.24, 2.45) is 5.41 Å². The molecule has 0 saturated carbocycles. The fourth-order valence-electron chi connectivity index (χ4n) is 3.95. The molecule has 0 aliphatic carbocycles. The lowest BCUT2D eigenvalue weighted by Gasteiger charge is -2.38. The zero-order valence-electron chi connectivity index (χ0n) is 19.0. The highest BCUT2D eigenvalue weighted by Crippen LogP contribution is 2.37. The molecular formula is C26H29NO5. The van der Waals surface area contributed by atoms with Crippen molar-refractivity contribution in [2.75, 3.05) is 13.7 Å². The molecule has 1 saturated heterocycles. The Hall–Kier alpha value is -3.41. The molecule has 0 aromatic heterocycles.